The minimum atomic E-state index is -0.0699. The summed E-state index contributed by atoms with van der Waals surface area (Å²) < 4.78 is 0.707. The number of nitrogens with zero attached hydrogens (tertiary/aromatic N) is 6. The van der Waals surface area contributed by atoms with Crippen LogP contribution < -0.4 is 4.90 Å². The number of carbonyl (C=O) groups excluding carboxylic acids is 1. The van der Waals surface area contributed by atoms with Crippen molar-refractivity contribution in [3.05, 3.63) is 44.0 Å². The van der Waals surface area contributed by atoms with Crippen molar-refractivity contribution in [2.24, 2.45) is 5.92 Å². The Kier molecular flexibility index (Phi) is 6.69. The molecule has 0 saturated carbocycles. The Morgan fingerprint density at radius 2 is 1.94 bits per heavy atom. The number of anilines is 1. The lowest BCUT2D eigenvalue weighted by Crippen LogP contribution is -2.48. The Balaban J connectivity index is 1.43. The number of hydrogen-bond acceptors (Lipinski definition) is 9. The Bertz CT molecular complexity index is 1380. The van der Waals surface area contributed by atoms with E-state index in [2.05, 4.69) is 29.8 Å². The number of thiazole rings is 1. The number of aromatic amines is 1. The number of Topliss-reactive ketones (excluding diaryl/α,β-unsaturated/α-hetero) is 1. The molecule has 1 aliphatic heterocycles. The van der Waals surface area contributed by atoms with Crippen LogP contribution >= 0.6 is 57.9 Å². The number of aryl methyl sites for hydroxylation is 1. The van der Waals surface area contributed by atoms with E-state index >= 15 is 0 Å². The summed E-state index contributed by atoms with van der Waals surface area (Å²) in [5.41, 5.74) is 2.80. The van der Waals surface area contributed by atoms with Crippen LogP contribution in [0.15, 0.2) is 21.2 Å². The third-order valence-corrected chi connectivity index (χ3v) is 8.46. The third-order valence-electron chi connectivity index (χ3n) is 5.59. The van der Waals surface area contributed by atoms with E-state index in [1.165, 1.54) is 36.3 Å². The van der Waals surface area contributed by atoms with Gasteiger partial charge in [-0.15, -0.1) is 11.3 Å². The second-order valence-corrected chi connectivity index (χ2v) is 11.1. The standard InChI is InChI=1S/C21H18Cl3N7OS2/c1-3-12-15(22)14-18(27-12)29-20(34-21-28-13(7-33-21)9(2)32)30-19(14)31-5-10(6-31)4-11-16(23)25-8-26-17(11)24/h7-8,10H,3-6H2,1-2H3,(H,27,29,30). The van der Waals surface area contributed by atoms with E-state index in [-0.39, 0.29) is 5.78 Å². The van der Waals surface area contributed by atoms with Crippen molar-refractivity contribution in [3.63, 3.8) is 0 Å². The fourth-order valence-electron chi connectivity index (χ4n) is 3.83. The Labute approximate surface area is 218 Å². The van der Waals surface area contributed by atoms with Crippen molar-refractivity contribution in [1.82, 2.24) is 29.9 Å². The summed E-state index contributed by atoms with van der Waals surface area (Å²) in [5, 5.41) is 4.51. The average Bonchev–Trinajstić information content (AvgIpc) is 3.36. The van der Waals surface area contributed by atoms with Gasteiger partial charge >= 0.3 is 0 Å². The van der Waals surface area contributed by atoms with Crippen LogP contribution in [0.3, 0.4) is 0 Å². The molecule has 4 aromatic rings. The Hall–Kier alpha value is -1.98. The number of fused-ring (bicyclic) bond motifs is 1. The maximum atomic E-state index is 11.6. The molecule has 176 valence electrons. The van der Waals surface area contributed by atoms with Crippen molar-refractivity contribution >= 4 is 80.5 Å². The molecular weight excluding hydrogens is 537 g/mol. The van der Waals surface area contributed by atoms with Crippen molar-refractivity contribution in [1.29, 1.82) is 0 Å². The van der Waals surface area contributed by atoms with Gasteiger partial charge in [0, 0.05) is 36.7 Å². The predicted octanol–water partition coefficient (Wildman–Crippen LogP) is 5.76. The van der Waals surface area contributed by atoms with E-state index < -0.39 is 0 Å². The summed E-state index contributed by atoms with van der Waals surface area (Å²) in [5.74, 6) is 1.02. The summed E-state index contributed by atoms with van der Waals surface area (Å²) in [7, 11) is 0. The first-order chi connectivity index (χ1) is 16.3. The van der Waals surface area contributed by atoms with Crippen molar-refractivity contribution in [3.8, 4) is 0 Å². The molecule has 1 saturated heterocycles. The predicted molar refractivity (Wildman–Crippen MR) is 136 cm³/mol. The van der Waals surface area contributed by atoms with Gasteiger partial charge in [-0.05, 0) is 30.5 Å². The zero-order chi connectivity index (χ0) is 24.0. The van der Waals surface area contributed by atoms with Gasteiger partial charge in [0.05, 0.1) is 10.4 Å². The molecule has 0 spiro atoms. The van der Waals surface area contributed by atoms with Crippen LogP contribution in [0.4, 0.5) is 5.82 Å². The Morgan fingerprint density at radius 1 is 1.21 bits per heavy atom. The molecule has 0 aromatic carbocycles. The molecule has 1 aliphatic rings. The highest BCUT2D eigenvalue weighted by molar-refractivity contribution is 8.00. The zero-order valence-corrected chi connectivity index (χ0v) is 22.0. The van der Waals surface area contributed by atoms with Gasteiger partial charge in [-0.1, -0.05) is 41.7 Å². The fourth-order valence-corrected chi connectivity index (χ4v) is 6.37. The van der Waals surface area contributed by atoms with Crippen LogP contribution in [0.2, 0.25) is 15.3 Å². The molecule has 0 bridgehead atoms. The van der Waals surface area contributed by atoms with E-state index in [0.717, 1.165) is 42.0 Å². The summed E-state index contributed by atoms with van der Waals surface area (Å²) in [6.45, 7) is 5.05. The number of nitrogens with one attached hydrogen (secondary N) is 1. The molecule has 1 N–H and O–H groups in total. The van der Waals surface area contributed by atoms with Gasteiger partial charge < -0.3 is 9.88 Å². The molecule has 0 amide bonds. The monoisotopic (exact) mass is 553 g/mol. The Morgan fingerprint density at radius 3 is 2.59 bits per heavy atom. The average molecular weight is 555 g/mol. The number of aromatic nitrogens is 6. The topological polar surface area (TPSA) is 101 Å². The van der Waals surface area contributed by atoms with Crippen LogP contribution in [0.25, 0.3) is 11.0 Å². The SMILES string of the molecule is CCc1[nH]c2nc(Sc3nc(C(C)=O)cs3)nc(N3CC(Cc4c(Cl)ncnc4Cl)C3)c2c1Cl. The second-order valence-electron chi connectivity index (χ2n) is 7.89. The lowest BCUT2D eigenvalue weighted by atomic mass is 9.93. The van der Waals surface area contributed by atoms with Gasteiger partial charge in [0.2, 0.25) is 0 Å². The van der Waals surface area contributed by atoms with Crippen molar-refractivity contribution < 1.29 is 4.79 Å². The number of carbonyl (C=O) groups is 1. The molecule has 0 radical (unpaired) electrons. The minimum absolute atomic E-state index is 0.0699. The summed E-state index contributed by atoms with van der Waals surface area (Å²) in [6.07, 6.45) is 2.79. The van der Waals surface area contributed by atoms with Gasteiger partial charge in [0.1, 0.15) is 33.8 Å². The number of hydrogen-bond donors (Lipinski definition) is 1. The van der Waals surface area contributed by atoms with Gasteiger partial charge in [0.15, 0.2) is 15.3 Å². The number of halogens is 3. The normalized spacial score (nSPS) is 14.1. The van der Waals surface area contributed by atoms with Crippen LogP contribution in [0, 0.1) is 5.92 Å². The van der Waals surface area contributed by atoms with Crippen LogP contribution in [-0.4, -0.2) is 48.8 Å². The van der Waals surface area contributed by atoms with Crippen LogP contribution in [-0.2, 0) is 12.8 Å². The highest BCUT2D eigenvalue weighted by Crippen LogP contribution is 2.40. The minimum Gasteiger partial charge on any atom is -0.355 e. The highest BCUT2D eigenvalue weighted by Gasteiger charge is 2.32. The first-order valence-corrected chi connectivity index (χ1v) is 13.3. The largest absolute Gasteiger partial charge is 0.355 e. The van der Waals surface area contributed by atoms with E-state index in [1.807, 2.05) is 6.92 Å². The molecule has 0 atom stereocenters. The molecule has 8 nitrogen and oxygen atoms in total. The third kappa shape index (κ3) is 4.49. The molecule has 0 unspecified atom stereocenters. The van der Waals surface area contributed by atoms with Gasteiger partial charge in [-0.25, -0.2) is 24.9 Å². The summed E-state index contributed by atoms with van der Waals surface area (Å²) in [4.78, 5) is 39.1. The van der Waals surface area contributed by atoms with E-state index in [9.17, 15) is 4.79 Å². The van der Waals surface area contributed by atoms with Gasteiger partial charge in [-0.2, -0.15) is 0 Å². The molecule has 0 aliphatic carbocycles. The molecule has 5 rings (SSSR count). The van der Waals surface area contributed by atoms with Crippen molar-refractivity contribution in [2.45, 2.75) is 36.2 Å². The quantitative estimate of drug-likeness (QED) is 0.175. The summed E-state index contributed by atoms with van der Waals surface area (Å²) >= 11 is 21.9. The van der Waals surface area contributed by atoms with Gasteiger partial charge in [-0.3, -0.25) is 4.79 Å². The van der Waals surface area contributed by atoms with E-state index in [0.29, 0.717) is 48.5 Å². The smallest absolute Gasteiger partial charge is 0.198 e. The number of ketones is 1. The maximum Gasteiger partial charge on any atom is 0.198 e. The lowest BCUT2D eigenvalue weighted by molar-refractivity contribution is 0.101. The zero-order valence-electron chi connectivity index (χ0n) is 18.1. The van der Waals surface area contributed by atoms with Crippen LogP contribution in [0.5, 0.6) is 0 Å². The van der Waals surface area contributed by atoms with Crippen LogP contribution in [0.1, 0.15) is 35.6 Å². The highest BCUT2D eigenvalue weighted by atomic mass is 35.5. The molecule has 4 aromatic heterocycles. The molecule has 13 heteroatoms. The molecule has 1 fully saturated rings. The van der Waals surface area contributed by atoms with E-state index in [4.69, 9.17) is 39.8 Å². The number of H-pyrrole nitrogens is 1. The number of rotatable bonds is 7. The van der Waals surface area contributed by atoms with E-state index in [1.54, 1.807) is 5.38 Å². The van der Waals surface area contributed by atoms with Gasteiger partial charge in [0.25, 0.3) is 0 Å². The first kappa shape index (κ1) is 23.7. The molecular formula is C21H18Cl3N7OS2. The summed E-state index contributed by atoms with van der Waals surface area (Å²) in [6, 6.07) is 0. The molecule has 5 heterocycles. The fraction of sp³-hybridized carbons (Fsp3) is 0.333. The van der Waals surface area contributed by atoms with Crippen molar-refractivity contribution in [2.75, 3.05) is 18.0 Å². The molecule has 34 heavy (non-hydrogen) atoms. The second kappa shape index (κ2) is 9.58. The lowest BCUT2D eigenvalue weighted by Gasteiger charge is -2.40. The maximum absolute atomic E-state index is 11.6. The first-order valence-electron chi connectivity index (χ1n) is 10.5.